The molecule has 0 radical (unpaired) electrons. The zero-order valence-electron chi connectivity index (χ0n) is 13.1. The summed E-state index contributed by atoms with van der Waals surface area (Å²) in [6.07, 6.45) is 7.32. The predicted molar refractivity (Wildman–Crippen MR) is 92.2 cm³/mol. The molecule has 0 N–H and O–H groups in total. The van der Waals surface area contributed by atoms with Crippen LogP contribution in [0.15, 0.2) is 54.6 Å². The second kappa shape index (κ2) is 6.30. The molecule has 0 heterocycles. The maximum atomic E-state index is 2.43. The number of hydrogen-bond donors (Lipinski definition) is 0. The summed E-state index contributed by atoms with van der Waals surface area (Å²) < 4.78 is 0. The van der Waals surface area contributed by atoms with Crippen LogP contribution in [0.25, 0.3) is 16.7 Å². The zero-order chi connectivity index (χ0) is 14.7. The molecule has 0 fully saturated rings. The largest absolute Gasteiger partial charge is 0.0805 e. The molecular formula is C21H24. The van der Waals surface area contributed by atoms with E-state index in [1.165, 1.54) is 47.1 Å². The van der Waals surface area contributed by atoms with Gasteiger partial charge in [-0.1, -0.05) is 68.5 Å². The van der Waals surface area contributed by atoms with E-state index in [9.17, 15) is 0 Å². The Morgan fingerprint density at radius 2 is 1.43 bits per heavy atom. The van der Waals surface area contributed by atoms with Gasteiger partial charge in [0, 0.05) is 0 Å². The Bertz CT molecular complexity index is 614. The standard InChI is InChI=1S/C21H24/c1-3-17-6-10-19(11-7-17)21-14-12-20(13-15-21)18-8-4-16(2)5-9-18/h6-8,10-16H,3-5,9H2,1-2H3. The second-order valence-electron chi connectivity index (χ2n) is 6.24. The predicted octanol–water partition coefficient (Wildman–Crippen LogP) is 6.12. The quantitative estimate of drug-likeness (QED) is 0.633. The first-order valence-corrected chi connectivity index (χ1v) is 8.15. The molecule has 0 bridgehead atoms. The lowest BCUT2D eigenvalue weighted by Gasteiger charge is -2.18. The number of aryl methyl sites for hydroxylation is 1. The van der Waals surface area contributed by atoms with Gasteiger partial charge in [-0.25, -0.2) is 0 Å². The van der Waals surface area contributed by atoms with E-state index in [2.05, 4.69) is 68.5 Å². The summed E-state index contributed by atoms with van der Waals surface area (Å²) in [5.41, 5.74) is 6.95. The van der Waals surface area contributed by atoms with Crippen LogP contribution in [0.2, 0.25) is 0 Å². The molecule has 0 saturated carbocycles. The Kier molecular flexibility index (Phi) is 4.24. The molecule has 1 aliphatic rings. The van der Waals surface area contributed by atoms with Gasteiger partial charge in [0.15, 0.2) is 0 Å². The van der Waals surface area contributed by atoms with Crippen molar-refractivity contribution in [3.63, 3.8) is 0 Å². The first kappa shape index (κ1) is 14.1. The van der Waals surface area contributed by atoms with Gasteiger partial charge in [-0.2, -0.15) is 0 Å². The maximum Gasteiger partial charge on any atom is -0.0184 e. The van der Waals surface area contributed by atoms with E-state index >= 15 is 0 Å². The third kappa shape index (κ3) is 3.26. The van der Waals surface area contributed by atoms with Crippen molar-refractivity contribution in [3.8, 4) is 11.1 Å². The first-order valence-electron chi connectivity index (χ1n) is 8.15. The normalized spacial score (nSPS) is 18.4. The van der Waals surface area contributed by atoms with Crippen molar-refractivity contribution in [1.29, 1.82) is 0 Å². The Labute approximate surface area is 128 Å². The van der Waals surface area contributed by atoms with Gasteiger partial charge in [-0.3, -0.25) is 0 Å². The zero-order valence-corrected chi connectivity index (χ0v) is 13.1. The molecule has 1 aliphatic carbocycles. The van der Waals surface area contributed by atoms with Gasteiger partial charge in [-0.15, -0.1) is 0 Å². The molecule has 2 aromatic carbocycles. The topological polar surface area (TPSA) is 0 Å². The molecule has 0 aliphatic heterocycles. The summed E-state index contributed by atoms with van der Waals surface area (Å²) in [4.78, 5) is 0. The Hall–Kier alpha value is -1.82. The average Bonchev–Trinajstić information content (AvgIpc) is 2.56. The van der Waals surface area contributed by atoms with E-state index in [0.717, 1.165) is 12.3 Å². The third-order valence-corrected chi connectivity index (χ3v) is 4.62. The highest BCUT2D eigenvalue weighted by Crippen LogP contribution is 2.31. The van der Waals surface area contributed by atoms with Gasteiger partial charge in [-0.05, 0) is 59.4 Å². The highest BCUT2D eigenvalue weighted by molar-refractivity contribution is 5.71. The fourth-order valence-corrected chi connectivity index (χ4v) is 3.04. The van der Waals surface area contributed by atoms with Gasteiger partial charge in [0.05, 0.1) is 0 Å². The number of allylic oxidation sites excluding steroid dienone is 2. The molecule has 0 nitrogen and oxygen atoms in total. The van der Waals surface area contributed by atoms with Crippen LogP contribution in [-0.2, 0) is 6.42 Å². The van der Waals surface area contributed by atoms with Crippen LogP contribution in [0, 0.1) is 5.92 Å². The molecule has 0 amide bonds. The summed E-state index contributed by atoms with van der Waals surface area (Å²) in [6.45, 7) is 4.54. The summed E-state index contributed by atoms with van der Waals surface area (Å²) in [6, 6.07) is 18.0. The fourth-order valence-electron chi connectivity index (χ4n) is 3.04. The van der Waals surface area contributed by atoms with E-state index in [0.29, 0.717) is 0 Å². The summed E-state index contributed by atoms with van der Waals surface area (Å²) in [7, 11) is 0. The minimum Gasteiger partial charge on any atom is -0.0805 e. The molecule has 1 unspecified atom stereocenters. The second-order valence-corrected chi connectivity index (χ2v) is 6.24. The minimum absolute atomic E-state index is 0.852. The van der Waals surface area contributed by atoms with Gasteiger partial charge >= 0.3 is 0 Å². The first-order chi connectivity index (χ1) is 10.3. The van der Waals surface area contributed by atoms with Crippen LogP contribution in [0.1, 0.15) is 44.2 Å². The molecule has 1 atom stereocenters. The van der Waals surface area contributed by atoms with Gasteiger partial charge in [0.2, 0.25) is 0 Å². The number of benzene rings is 2. The maximum absolute atomic E-state index is 2.43. The monoisotopic (exact) mass is 276 g/mol. The summed E-state index contributed by atoms with van der Waals surface area (Å²) in [5, 5.41) is 0. The van der Waals surface area contributed by atoms with Crippen LogP contribution < -0.4 is 0 Å². The molecule has 21 heavy (non-hydrogen) atoms. The molecular weight excluding hydrogens is 252 g/mol. The van der Waals surface area contributed by atoms with Crippen molar-refractivity contribution >= 4 is 5.57 Å². The van der Waals surface area contributed by atoms with Crippen molar-refractivity contribution in [2.75, 3.05) is 0 Å². The van der Waals surface area contributed by atoms with Crippen LogP contribution in [0.5, 0.6) is 0 Å². The SMILES string of the molecule is CCc1ccc(-c2ccc(C3=CCC(C)CC3)cc2)cc1. The molecule has 2 aromatic rings. The third-order valence-electron chi connectivity index (χ3n) is 4.62. The molecule has 108 valence electrons. The van der Waals surface area contributed by atoms with Crippen LogP contribution >= 0.6 is 0 Å². The van der Waals surface area contributed by atoms with Crippen LogP contribution in [0.4, 0.5) is 0 Å². The molecule has 0 aromatic heterocycles. The summed E-state index contributed by atoms with van der Waals surface area (Å²) >= 11 is 0. The van der Waals surface area contributed by atoms with E-state index in [4.69, 9.17) is 0 Å². The lowest BCUT2D eigenvalue weighted by Crippen LogP contribution is -2.00. The lowest BCUT2D eigenvalue weighted by molar-refractivity contribution is 0.534. The van der Waals surface area contributed by atoms with E-state index in [1.54, 1.807) is 0 Å². The fraction of sp³-hybridized carbons (Fsp3) is 0.333. The smallest absolute Gasteiger partial charge is 0.0184 e. The van der Waals surface area contributed by atoms with Crippen molar-refractivity contribution in [2.45, 2.75) is 39.5 Å². The van der Waals surface area contributed by atoms with Gasteiger partial charge in [0.25, 0.3) is 0 Å². The molecule has 0 heteroatoms. The Morgan fingerprint density at radius 3 is 1.95 bits per heavy atom. The Morgan fingerprint density at radius 1 is 0.857 bits per heavy atom. The van der Waals surface area contributed by atoms with Crippen LogP contribution in [0.3, 0.4) is 0 Å². The Balaban J connectivity index is 1.80. The summed E-state index contributed by atoms with van der Waals surface area (Å²) in [5.74, 6) is 0.852. The highest BCUT2D eigenvalue weighted by atomic mass is 14.2. The van der Waals surface area contributed by atoms with Gasteiger partial charge in [0.1, 0.15) is 0 Å². The number of rotatable bonds is 3. The highest BCUT2D eigenvalue weighted by Gasteiger charge is 2.11. The van der Waals surface area contributed by atoms with Crippen LogP contribution in [-0.4, -0.2) is 0 Å². The van der Waals surface area contributed by atoms with Crippen molar-refractivity contribution < 1.29 is 0 Å². The van der Waals surface area contributed by atoms with Crippen molar-refractivity contribution in [3.05, 3.63) is 65.7 Å². The van der Waals surface area contributed by atoms with E-state index < -0.39 is 0 Å². The van der Waals surface area contributed by atoms with Crippen molar-refractivity contribution in [2.24, 2.45) is 5.92 Å². The molecule has 0 spiro atoms. The van der Waals surface area contributed by atoms with E-state index in [-0.39, 0.29) is 0 Å². The van der Waals surface area contributed by atoms with E-state index in [1.807, 2.05) is 0 Å². The van der Waals surface area contributed by atoms with Gasteiger partial charge < -0.3 is 0 Å². The molecule has 3 rings (SSSR count). The average molecular weight is 276 g/mol. The molecule has 0 saturated heterocycles. The number of hydrogen-bond acceptors (Lipinski definition) is 0. The lowest BCUT2D eigenvalue weighted by atomic mass is 9.87. The minimum atomic E-state index is 0.852. The van der Waals surface area contributed by atoms with Crippen molar-refractivity contribution in [1.82, 2.24) is 0 Å².